The molecule has 2 amide bonds. The van der Waals surface area contributed by atoms with Crippen molar-refractivity contribution < 1.29 is 22.7 Å². The van der Waals surface area contributed by atoms with Crippen LogP contribution < -0.4 is 14.4 Å². The first-order valence-corrected chi connectivity index (χ1v) is 17.9. The van der Waals surface area contributed by atoms with Crippen molar-refractivity contribution in [2.75, 3.05) is 17.5 Å². The van der Waals surface area contributed by atoms with Gasteiger partial charge < -0.3 is 15.0 Å². The van der Waals surface area contributed by atoms with E-state index in [1.54, 1.807) is 49.4 Å². The molecule has 0 aliphatic heterocycles. The number of anilines is 1. The number of sulfonamides is 1. The van der Waals surface area contributed by atoms with Crippen LogP contribution in [0.25, 0.3) is 0 Å². The van der Waals surface area contributed by atoms with Crippen molar-refractivity contribution in [1.82, 2.24) is 10.2 Å². The van der Waals surface area contributed by atoms with Crippen molar-refractivity contribution >= 4 is 62.3 Å². The zero-order valence-electron chi connectivity index (χ0n) is 27.1. The summed E-state index contributed by atoms with van der Waals surface area (Å²) in [7, 11) is -4.35. The van der Waals surface area contributed by atoms with E-state index < -0.39 is 40.0 Å². The van der Waals surface area contributed by atoms with Gasteiger partial charge in [-0.3, -0.25) is 13.9 Å². The summed E-state index contributed by atoms with van der Waals surface area (Å²) in [5, 5.41) is 3.97. The highest BCUT2D eigenvalue weighted by Gasteiger charge is 2.36. The molecule has 0 aromatic heterocycles. The molecule has 0 radical (unpaired) electrons. The molecular weight excluding hydrogens is 693 g/mol. The second kappa shape index (κ2) is 16.1. The fraction of sp³-hybridized carbons (Fsp3) is 0.278. The first-order valence-electron chi connectivity index (χ1n) is 15.3. The summed E-state index contributed by atoms with van der Waals surface area (Å²) < 4.78 is 35.5. The Kier molecular flexibility index (Phi) is 12.4. The fourth-order valence-corrected chi connectivity index (χ4v) is 6.90. The van der Waals surface area contributed by atoms with E-state index in [-0.39, 0.29) is 40.9 Å². The number of amides is 2. The molecule has 0 saturated carbocycles. The Labute approximate surface area is 297 Å². The number of benzene rings is 4. The van der Waals surface area contributed by atoms with Gasteiger partial charge in [0.25, 0.3) is 10.0 Å². The topological polar surface area (TPSA) is 96.0 Å². The van der Waals surface area contributed by atoms with Crippen molar-refractivity contribution in [3.8, 4) is 5.75 Å². The third kappa shape index (κ3) is 9.66. The molecule has 0 bridgehead atoms. The molecule has 8 nitrogen and oxygen atoms in total. The van der Waals surface area contributed by atoms with Crippen LogP contribution in [0, 0.1) is 0 Å². The summed E-state index contributed by atoms with van der Waals surface area (Å²) >= 11 is 18.6. The minimum Gasteiger partial charge on any atom is -0.492 e. The maximum absolute atomic E-state index is 14.7. The number of carbonyl (C=O) groups is 2. The lowest BCUT2D eigenvalue weighted by atomic mass is 10.0. The van der Waals surface area contributed by atoms with Crippen LogP contribution in [0.2, 0.25) is 15.1 Å². The highest BCUT2D eigenvalue weighted by atomic mass is 35.5. The molecule has 0 spiro atoms. The summed E-state index contributed by atoms with van der Waals surface area (Å²) in [5.74, 6) is -0.760. The molecule has 0 heterocycles. The van der Waals surface area contributed by atoms with E-state index in [2.05, 4.69) is 5.32 Å². The molecule has 4 rings (SSSR count). The first-order chi connectivity index (χ1) is 22.7. The van der Waals surface area contributed by atoms with Crippen LogP contribution in [0.3, 0.4) is 0 Å². The third-order valence-electron chi connectivity index (χ3n) is 7.22. The van der Waals surface area contributed by atoms with Gasteiger partial charge in [0, 0.05) is 23.5 Å². The number of para-hydroxylation sites is 2. The van der Waals surface area contributed by atoms with Crippen LogP contribution in [0.4, 0.5) is 5.69 Å². The van der Waals surface area contributed by atoms with Crippen molar-refractivity contribution in [2.24, 2.45) is 0 Å². The Balaban J connectivity index is 1.87. The fourth-order valence-electron chi connectivity index (χ4n) is 5.03. The second-order valence-corrected chi connectivity index (χ2v) is 15.2. The van der Waals surface area contributed by atoms with E-state index in [0.29, 0.717) is 15.6 Å². The number of halogens is 3. The van der Waals surface area contributed by atoms with E-state index in [1.165, 1.54) is 29.2 Å². The minimum atomic E-state index is -4.35. The largest absolute Gasteiger partial charge is 0.492 e. The monoisotopic (exact) mass is 729 g/mol. The van der Waals surface area contributed by atoms with Crippen molar-refractivity contribution in [1.29, 1.82) is 0 Å². The molecule has 4 aromatic rings. The van der Waals surface area contributed by atoms with Crippen LogP contribution in [0.1, 0.15) is 38.8 Å². The number of hydrogen-bond donors (Lipinski definition) is 1. The van der Waals surface area contributed by atoms with Gasteiger partial charge in [-0.15, -0.1) is 0 Å². The molecule has 0 aliphatic rings. The lowest BCUT2D eigenvalue weighted by Gasteiger charge is -2.35. The SMILES string of the molecule is CCOc1ccccc1N(CC(=O)N(Cc1ccc(Cl)c(Cl)c1)[C@H](Cc1ccccc1)C(=O)NC(C)(C)C)S(=O)(=O)c1ccc(Cl)cc1. The van der Waals surface area contributed by atoms with E-state index >= 15 is 0 Å². The lowest BCUT2D eigenvalue weighted by Crippen LogP contribution is -2.56. The summed E-state index contributed by atoms with van der Waals surface area (Å²) in [6.07, 6.45) is 0.162. The molecule has 48 heavy (non-hydrogen) atoms. The number of nitrogens with zero attached hydrogens (tertiary/aromatic N) is 2. The van der Waals surface area contributed by atoms with E-state index in [4.69, 9.17) is 39.5 Å². The van der Waals surface area contributed by atoms with Gasteiger partial charge in [0.15, 0.2) is 0 Å². The molecule has 1 N–H and O–H groups in total. The number of carbonyl (C=O) groups excluding carboxylic acids is 2. The summed E-state index contributed by atoms with van der Waals surface area (Å²) in [6, 6.07) is 25.5. The summed E-state index contributed by atoms with van der Waals surface area (Å²) in [6.45, 7) is 6.87. The first kappa shape index (κ1) is 37.1. The number of hydrogen-bond acceptors (Lipinski definition) is 5. The molecular formula is C36H38Cl3N3O5S. The van der Waals surface area contributed by atoms with E-state index in [0.717, 1.165) is 9.87 Å². The molecule has 0 saturated heterocycles. The predicted octanol–water partition coefficient (Wildman–Crippen LogP) is 7.80. The Hall–Kier alpha value is -3.76. The molecule has 254 valence electrons. The van der Waals surface area contributed by atoms with E-state index in [1.807, 2.05) is 51.1 Å². The quantitative estimate of drug-likeness (QED) is 0.152. The van der Waals surface area contributed by atoms with Crippen LogP contribution in [0.15, 0.2) is 102 Å². The molecule has 0 unspecified atom stereocenters. The highest BCUT2D eigenvalue weighted by Crippen LogP contribution is 2.33. The summed E-state index contributed by atoms with van der Waals surface area (Å²) in [4.78, 5) is 30.1. The molecule has 0 aliphatic carbocycles. The summed E-state index contributed by atoms with van der Waals surface area (Å²) in [5.41, 5.74) is 0.952. The molecule has 1 atom stereocenters. The number of rotatable bonds is 13. The maximum atomic E-state index is 14.7. The highest BCUT2D eigenvalue weighted by molar-refractivity contribution is 7.92. The van der Waals surface area contributed by atoms with Gasteiger partial charge in [0.05, 0.1) is 27.2 Å². The lowest BCUT2D eigenvalue weighted by molar-refractivity contribution is -0.140. The number of nitrogens with one attached hydrogen (secondary N) is 1. The van der Waals surface area contributed by atoms with Gasteiger partial charge in [0.1, 0.15) is 18.3 Å². The van der Waals surface area contributed by atoms with Crippen LogP contribution in [0.5, 0.6) is 5.75 Å². The van der Waals surface area contributed by atoms with Gasteiger partial charge in [0.2, 0.25) is 11.8 Å². The second-order valence-electron chi connectivity index (χ2n) is 12.1. The zero-order valence-corrected chi connectivity index (χ0v) is 30.2. The molecule has 0 fully saturated rings. The Morgan fingerprint density at radius 2 is 1.48 bits per heavy atom. The molecule has 12 heteroatoms. The van der Waals surface area contributed by atoms with Crippen LogP contribution in [-0.2, 0) is 32.6 Å². The normalized spacial score (nSPS) is 12.2. The predicted molar refractivity (Wildman–Crippen MR) is 192 cm³/mol. The van der Waals surface area contributed by atoms with Crippen molar-refractivity contribution in [2.45, 2.75) is 57.1 Å². The van der Waals surface area contributed by atoms with Crippen molar-refractivity contribution in [3.63, 3.8) is 0 Å². The number of ether oxygens (including phenoxy) is 1. The van der Waals surface area contributed by atoms with Gasteiger partial charge in [-0.2, -0.15) is 0 Å². The average Bonchev–Trinajstić information content (AvgIpc) is 3.03. The van der Waals surface area contributed by atoms with Crippen LogP contribution >= 0.6 is 34.8 Å². The van der Waals surface area contributed by atoms with Gasteiger partial charge in [-0.05, 0) is 87.4 Å². The third-order valence-corrected chi connectivity index (χ3v) is 9.99. The molecule has 4 aromatic carbocycles. The van der Waals surface area contributed by atoms with Gasteiger partial charge in [-0.25, -0.2) is 8.42 Å². The van der Waals surface area contributed by atoms with Crippen molar-refractivity contribution in [3.05, 3.63) is 123 Å². The Morgan fingerprint density at radius 3 is 2.10 bits per heavy atom. The Morgan fingerprint density at radius 1 is 0.833 bits per heavy atom. The van der Waals surface area contributed by atoms with E-state index in [9.17, 15) is 18.0 Å². The average molecular weight is 731 g/mol. The van der Waals surface area contributed by atoms with Gasteiger partial charge >= 0.3 is 0 Å². The van der Waals surface area contributed by atoms with Crippen LogP contribution in [-0.4, -0.2) is 49.9 Å². The zero-order chi connectivity index (χ0) is 35.1. The Bertz CT molecular complexity index is 1830. The van der Waals surface area contributed by atoms with Gasteiger partial charge in [-0.1, -0.05) is 83.3 Å². The smallest absolute Gasteiger partial charge is 0.264 e. The maximum Gasteiger partial charge on any atom is 0.264 e. The standard InChI is InChI=1S/C36H38Cl3N3O5S/c1-5-47-33-14-10-9-13-31(33)42(48(45,46)28-18-16-27(37)17-19-28)24-34(43)41(23-26-15-20-29(38)30(39)21-26)32(35(44)40-36(2,3)4)22-25-11-7-6-8-12-25/h6-21,32H,5,22-24H2,1-4H3,(H,40,44)/t32-/m1/s1. The minimum absolute atomic E-state index is 0.0628.